The molecule has 5 heteroatoms. The lowest BCUT2D eigenvalue weighted by Crippen LogP contribution is -2.48. The summed E-state index contributed by atoms with van der Waals surface area (Å²) in [4.78, 5) is 0. The van der Waals surface area contributed by atoms with Crippen LogP contribution in [0, 0.1) is 12.3 Å². The van der Waals surface area contributed by atoms with Gasteiger partial charge in [-0.15, -0.1) is 5.10 Å². The highest BCUT2D eigenvalue weighted by atomic mass is 16.3. The predicted molar refractivity (Wildman–Crippen MR) is 74.7 cm³/mol. The molecule has 0 spiro atoms. The molecule has 1 aromatic heterocycles. The number of hydrogen-bond acceptors (Lipinski definition) is 4. The minimum Gasteiger partial charge on any atom is -0.388 e. The van der Waals surface area contributed by atoms with Crippen molar-refractivity contribution in [2.75, 3.05) is 6.54 Å². The summed E-state index contributed by atoms with van der Waals surface area (Å²) in [7, 11) is 0. The molecule has 2 N–H and O–H groups in total. The lowest BCUT2D eigenvalue weighted by Gasteiger charge is -2.37. The van der Waals surface area contributed by atoms with Gasteiger partial charge < -0.3 is 10.4 Å². The Bertz CT molecular complexity index is 441. The van der Waals surface area contributed by atoms with Crippen molar-refractivity contribution in [1.29, 1.82) is 0 Å². The number of aromatic nitrogens is 3. The zero-order valence-electron chi connectivity index (χ0n) is 12.5. The van der Waals surface area contributed by atoms with Crippen molar-refractivity contribution in [2.24, 2.45) is 5.41 Å². The van der Waals surface area contributed by atoms with Crippen molar-refractivity contribution >= 4 is 0 Å². The van der Waals surface area contributed by atoms with Crippen LogP contribution in [0.4, 0.5) is 0 Å². The second kappa shape index (κ2) is 5.21. The Hall–Kier alpha value is -0.940. The summed E-state index contributed by atoms with van der Waals surface area (Å²) in [6.45, 7) is 10.5. The summed E-state index contributed by atoms with van der Waals surface area (Å²) in [5.41, 5.74) is 1.48. The van der Waals surface area contributed by atoms with Gasteiger partial charge in [0.05, 0.1) is 17.0 Å². The molecule has 0 aromatic carbocycles. The fraction of sp³-hybridized carbons (Fsp3) is 0.857. The third-order valence-electron chi connectivity index (χ3n) is 4.69. The molecule has 0 bridgehead atoms. The number of aryl methyl sites for hydroxylation is 2. The summed E-state index contributed by atoms with van der Waals surface area (Å²) in [5, 5.41) is 22.3. The van der Waals surface area contributed by atoms with Gasteiger partial charge in [0.2, 0.25) is 0 Å². The Labute approximate surface area is 115 Å². The summed E-state index contributed by atoms with van der Waals surface area (Å²) < 4.78 is 1.91. The van der Waals surface area contributed by atoms with Crippen LogP contribution >= 0.6 is 0 Å². The fourth-order valence-corrected chi connectivity index (χ4v) is 3.00. The molecular weight excluding hydrogens is 240 g/mol. The van der Waals surface area contributed by atoms with E-state index in [9.17, 15) is 5.11 Å². The van der Waals surface area contributed by atoms with Gasteiger partial charge in [-0.3, -0.25) is 0 Å². The third-order valence-corrected chi connectivity index (χ3v) is 4.69. The summed E-state index contributed by atoms with van der Waals surface area (Å²) in [5.74, 6) is 0. The first-order chi connectivity index (χ1) is 8.89. The van der Waals surface area contributed by atoms with Crippen molar-refractivity contribution in [1.82, 2.24) is 20.3 Å². The van der Waals surface area contributed by atoms with Crippen molar-refractivity contribution in [3.05, 3.63) is 11.4 Å². The van der Waals surface area contributed by atoms with Crippen LogP contribution in [0.3, 0.4) is 0 Å². The van der Waals surface area contributed by atoms with E-state index in [-0.39, 0.29) is 5.41 Å². The molecular formula is C14H26N4O. The molecule has 19 heavy (non-hydrogen) atoms. The lowest BCUT2D eigenvalue weighted by atomic mass is 9.78. The lowest BCUT2D eigenvalue weighted by molar-refractivity contribution is -0.0410. The quantitative estimate of drug-likeness (QED) is 0.850. The number of aliphatic hydroxyl groups is 1. The largest absolute Gasteiger partial charge is 0.388 e. The van der Waals surface area contributed by atoms with Crippen LogP contribution in [0.2, 0.25) is 0 Å². The maximum atomic E-state index is 10.7. The Morgan fingerprint density at radius 1 is 1.37 bits per heavy atom. The van der Waals surface area contributed by atoms with Crippen LogP contribution in [-0.4, -0.2) is 32.2 Å². The molecule has 0 aliphatic heterocycles. The van der Waals surface area contributed by atoms with E-state index in [1.807, 2.05) is 11.6 Å². The van der Waals surface area contributed by atoms with Gasteiger partial charge in [-0.2, -0.15) is 0 Å². The Morgan fingerprint density at radius 2 is 2.11 bits per heavy atom. The van der Waals surface area contributed by atoms with Gasteiger partial charge in [0.25, 0.3) is 0 Å². The molecule has 0 radical (unpaired) electrons. The first-order valence-corrected chi connectivity index (χ1v) is 7.22. The van der Waals surface area contributed by atoms with Crippen molar-refractivity contribution < 1.29 is 5.11 Å². The first kappa shape index (κ1) is 14.5. The molecule has 0 saturated heterocycles. The molecule has 1 saturated carbocycles. The maximum Gasteiger partial charge on any atom is 0.0841 e. The second-order valence-electron chi connectivity index (χ2n) is 6.31. The van der Waals surface area contributed by atoms with Crippen molar-refractivity contribution in [3.63, 3.8) is 0 Å². The van der Waals surface area contributed by atoms with Gasteiger partial charge in [0, 0.05) is 19.6 Å². The average Bonchev–Trinajstić information content (AvgIpc) is 2.82. The van der Waals surface area contributed by atoms with Gasteiger partial charge in [-0.05, 0) is 38.5 Å². The number of nitrogens with one attached hydrogen (secondary N) is 1. The minimum atomic E-state index is -0.592. The van der Waals surface area contributed by atoms with E-state index in [2.05, 4.69) is 36.4 Å². The Kier molecular flexibility index (Phi) is 3.97. The Morgan fingerprint density at radius 3 is 2.68 bits per heavy atom. The summed E-state index contributed by atoms with van der Waals surface area (Å²) >= 11 is 0. The van der Waals surface area contributed by atoms with Gasteiger partial charge in [0.15, 0.2) is 0 Å². The molecule has 1 atom stereocenters. The van der Waals surface area contributed by atoms with E-state index < -0.39 is 5.60 Å². The van der Waals surface area contributed by atoms with Crippen LogP contribution in [-0.2, 0) is 13.1 Å². The van der Waals surface area contributed by atoms with Crippen LogP contribution in [0.25, 0.3) is 0 Å². The SMILES string of the molecule is CCn1nnc(C)c1CNC[C@]1(O)CCCC1(C)C. The zero-order chi connectivity index (χ0) is 14.1. The zero-order valence-corrected chi connectivity index (χ0v) is 12.5. The minimum absolute atomic E-state index is 0.00169. The van der Waals surface area contributed by atoms with Gasteiger partial charge >= 0.3 is 0 Å². The summed E-state index contributed by atoms with van der Waals surface area (Å²) in [6.07, 6.45) is 3.09. The fourth-order valence-electron chi connectivity index (χ4n) is 3.00. The topological polar surface area (TPSA) is 63.0 Å². The molecule has 1 fully saturated rings. The summed E-state index contributed by atoms with van der Waals surface area (Å²) in [6, 6.07) is 0. The molecule has 1 aromatic rings. The smallest absolute Gasteiger partial charge is 0.0841 e. The predicted octanol–water partition coefficient (Wildman–Crippen LogP) is 1.64. The van der Waals surface area contributed by atoms with Crippen LogP contribution < -0.4 is 5.32 Å². The van der Waals surface area contributed by atoms with E-state index in [4.69, 9.17) is 0 Å². The molecule has 2 rings (SSSR count). The van der Waals surface area contributed by atoms with Crippen molar-refractivity contribution in [3.8, 4) is 0 Å². The number of rotatable bonds is 5. The van der Waals surface area contributed by atoms with Gasteiger partial charge in [0.1, 0.15) is 0 Å². The normalized spacial score (nSPS) is 25.9. The average molecular weight is 266 g/mol. The second-order valence-corrected chi connectivity index (χ2v) is 6.31. The van der Waals surface area contributed by atoms with Gasteiger partial charge in [-0.25, -0.2) is 4.68 Å². The molecule has 1 aliphatic carbocycles. The number of hydrogen-bond donors (Lipinski definition) is 2. The monoisotopic (exact) mass is 266 g/mol. The Balaban J connectivity index is 1.95. The van der Waals surface area contributed by atoms with Crippen LogP contribution in [0.15, 0.2) is 0 Å². The van der Waals surface area contributed by atoms with E-state index in [0.717, 1.165) is 37.2 Å². The highest BCUT2D eigenvalue weighted by Gasteiger charge is 2.46. The van der Waals surface area contributed by atoms with E-state index >= 15 is 0 Å². The van der Waals surface area contributed by atoms with Gasteiger partial charge in [-0.1, -0.05) is 19.1 Å². The van der Waals surface area contributed by atoms with E-state index in [1.165, 1.54) is 0 Å². The molecule has 1 aliphatic rings. The molecule has 1 heterocycles. The molecule has 0 unspecified atom stereocenters. The molecule has 108 valence electrons. The molecule has 5 nitrogen and oxygen atoms in total. The van der Waals surface area contributed by atoms with Crippen LogP contribution in [0.1, 0.15) is 51.4 Å². The number of nitrogens with zero attached hydrogens (tertiary/aromatic N) is 3. The molecule has 0 amide bonds. The van der Waals surface area contributed by atoms with E-state index in [1.54, 1.807) is 0 Å². The third kappa shape index (κ3) is 2.67. The van der Waals surface area contributed by atoms with Crippen molar-refractivity contribution in [2.45, 2.75) is 65.6 Å². The highest BCUT2D eigenvalue weighted by Crippen LogP contribution is 2.45. The highest BCUT2D eigenvalue weighted by molar-refractivity contribution is 5.08. The first-order valence-electron chi connectivity index (χ1n) is 7.22. The van der Waals surface area contributed by atoms with E-state index in [0.29, 0.717) is 13.1 Å². The maximum absolute atomic E-state index is 10.7. The van der Waals surface area contributed by atoms with Crippen LogP contribution in [0.5, 0.6) is 0 Å². The standard InChI is InChI=1S/C14H26N4O/c1-5-18-12(11(2)16-17-18)9-15-10-14(19)8-6-7-13(14,3)4/h15,19H,5-10H2,1-4H3/t14-/m1/s1.